The Hall–Kier alpha value is -1.59. The molecular weight excluding hydrogens is 408 g/mol. The van der Waals surface area contributed by atoms with E-state index in [4.69, 9.17) is 14.2 Å². The molecule has 0 aromatic rings. The first-order valence-corrected chi connectivity index (χ1v) is 12.7. The first kappa shape index (κ1) is 23.6. The first-order chi connectivity index (χ1) is 15.2. The van der Waals surface area contributed by atoms with E-state index in [2.05, 4.69) is 13.8 Å². The standard InChI is InChI=1S/C26H40O6/c1-5-23(28)30-15-31-24(29)32-18-10-12-25(3)17(14-18)6-7-19-21-9-8-20(16(2)27)26(21,4)13-11-22(19)25/h17-22H,5-15H2,1-4H3/t17-,18+,19-,20+,21-,22-,25-,26+/m0/s1. The quantitative estimate of drug-likeness (QED) is 0.398. The van der Waals surface area contributed by atoms with E-state index < -0.39 is 12.1 Å². The van der Waals surface area contributed by atoms with Crippen molar-refractivity contribution in [2.75, 3.05) is 6.79 Å². The summed E-state index contributed by atoms with van der Waals surface area (Å²) >= 11 is 0. The third kappa shape index (κ3) is 4.07. The molecule has 0 amide bonds. The molecule has 4 saturated carbocycles. The fourth-order valence-electron chi connectivity index (χ4n) is 8.41. The van der Waals surface area contributed by atoms with Crippen LogP contribution >= 0.6 is 0 Å². The average Bonchev–Trinajstić information content (AvgIpc) is 3.11. The number of hydrogen-bond donors (Lipinski definition) is 0. The lowest BCUT2D eigenvalue weighted by atomic mass is 9.44. The predicted molar refractivity (Wildman–Crippen MR) is 119 cm³/mol. The Bertz CT molecular complexity index is 749. The maximum absolute atomic E-state index is 12.3. The van der Waals surface area contributed by atoms with Gasteiger partial charge >= 0.3 is 12.1 Å². The molecule has 6 heteroatoms. The third-order valence-corrected chi connectivity index (χ3v) is 10.1. The lowest BCUT2D eigenvalue weighted by molar-refractivity contribution is -0.155. The summed E-state index contributed by atoms with van der Waals surface area (Å²) in [6.45, 7) is 7.98. The van der Waals surface area contributed by atoms with E-state index in [-0.39, 0.29) is 30.7 Å². The Balaban J connectivity index is 1.35. The summed E-state index contributed by atoms with van der Waals surface area (Å²) in [5.41, 5.74) is 0.487. The summed E-state index contributed by atoms with van der Waals surface area (Å²) in [6, 6.07) is 0. The van der Waals surface area contributed by atoms with E-state index in [0.717, 1.165) is 31.6 Å². The van der Waals surface area contributed by atoms with Crippen LogP contribution in [0.25, 0.3) is 0 Å². The smallest absolute Gasteiger partial charge is 0.431 e. The van der Waals surface area contributed by atoms with Gasteiger partial charge in [0.05, 0.1) is 0 Å². The number of fused-ring (bicyclic) bond motifs is 5. The summed E-state index contributed by atoms with van der Waals surface area (Å²) in [4.78, 5) is 35.5. The van der Waals surface area contributed by atoms with Gasteiger partial charge < -0.3 is 14.2 Å². The Morgan fingerprint density at radius 1 is 0.875 bits per heavy atom. The van der Waals surface area contributed by atoms with Gasteiger partial charge in [0.1, 0.15) is 11.9 Å². The van der Waals surface area contributed by atoms with Crippen LogP contribution in [0.4, 0.5) is 4.79 Å². The van der Waals surface area contributed by atoms with E-state index in [1.807, 2.05) is 0 Å². The van der Waals surface area contributed by atoms with Crippen molar-refractivity contribution < 1.29 is 28.6 Å². The zero-order chi connectivity index (χ0) is 23.1. The maximum Gasteiger partial charge on any atom is 0.511 e. The molecule has 180 valence electrons. The van der Waals surface area contributed by atoms with Gasteiger partial charge in [-0.2, -0.15) is 0 Å². The molecule has 0 N–H and O–H groups in total. The lowest BCUT2D eigenvalue weighted by Crippen LogP contribution is -2.54. The normalized spacial score (nSPS) is 42.8. The second-order valence-electron chi connectivity index (χ2n) is 11.3. The van der Waals surface area contributed by atoms with Gasteiger partial charge in [0, 0.05) is 12.3 Å². The van der Waals surface area contributed by atoms with Gasteiger partial charge in [-0.1, -0.05) is 20.8 Å². The third-order valence-electron chi connectivity index (χ3n) is 10.1. The van der Waals surface area contributed by atoms with Gasteiger partial charge in [-0.25, -0.2) is 4.79 Å². The Morgan fingerprint density at radius 3 is 2.31 bits per heavy atom. The summed E-state index contributed by atoms with van der Waals surface area (Å²) in [5.74, 6) is 2.93. The molecule has 4 rings (SSSR count). The lowest BCUT2D eigenvalue weighted by Gasteiger charge is -2.61. The van der Waals surface area contributed by atoms with Gasteiger partial charge in [-0.05, 0) is 99.2 Å². The van der Waals surface area contributed by atoms with Crippen LogP contribution in [0.5, 0.6) is 0 Å². The minimum absolute atomic E-state index is 0.124. The molecule has 4 fully saturated rings. The molecule has 0 spiro atoms. The van der Waals surface area contributed by atoms with Crippen molar-refractivity contribution in [1.82, 2.24) is 0 Å². The van der Waals surface area contributed by atoms with E-state index in [9.17, 15) is 14.4 Å². The van der Waals surface area contributed by atoms with Crippen molar-refractivity contribution in [3.05, 3.63) is 0 Å². The highest BCUT2D eigenvalue weighted by atomic mass is 16.8. The van der Waals surface area contributed by atoms with Crippen LogP contribution in [0, 0.1) is 40.4 Å². The minimum atomic E-state index is -0.745. The van der Waals surface area contributed by atoms with Gasteiger partial charge in [0.2, 0.25) is 6.79 Å². The zero-order valence-electron chi connectivity index (χ0n) is 20.2. The summed E-state index contributed by atoms with van der Waals surface area (Å²) < 4.78 is 15.3. The molecule has 0 aliphatic heterocycles. The highest BCUT2D eigenvalue weighted by Gasteiger charge is 2.60. The fraction of sp³-hybridized carbons (Fsp3) is 0.885. The van der Waals surface area contributed by atoms with Crippen molar-refractivity contribution in [2.45, 2.75) is 98.0 Å². The Kier molecular flexibility index (Phi) is 6.61. The minimum Gasteiger partial charge on any atom is -0.431 e. The van der Waals surface area contributed by atoms with Gasteiger partial charge in [-0.3, -0.25) is 9.59 Å². The molecule has 0 aromatic carbocycles. The monoisotopic (exact) mass is 448 g/mol. The summed E-state index contributed by atoms with van der Waals surface area (Å²) in [7, 11) is 0. The van der Waals surface area contributed by atoms with Crippen molar-refractivity contribution in [2.24, 2.45) is 40.4 Å². The van der Waals surface area contributed by atoms with Crippen LogP contribution in [0.2, 0.25) is 0 Å². The largest absolute Gasteiger partial charge is 0.511 e. The first-order valence-electron chi connectivity index (χ1n) is 12.7. The number of rotatable bonds is 5. The zero-order valence-corrected chi connectivity index (χ0v) is 20.2. The van der Waals surface area contributed by atoms with Gasteiger partial charge in [0.15, 0.2) is 0 Å². The molecule has 4 aliphatic carbocycles. The Morgan fingerprint density at radius 2 is 1.59 bits per heavy atom. The van der Waals surface area contributed by atoms with Crippen molar-refractivity contribution in [1.29, 1.82) is 0 Å². The molecule has 6 nitrogen and oxygen atoms in total. The molecule has 0 saturated heterocycles. The number of esters is 1. The van der Waals surface area contributed by atoms with E-state index in [1.54, 1.807) is 13.8 Å². The summed E-state index contributed by atoms with van der Waals surface area (Å²) in [6.07, 6.45) is 9.30. The number of ketones is 1. The van der Waals surface area contributed by atoms with Crippen LogP contribution in [-0.4, -0.2) is 30.8 Å². The summed E-state index contributed by atoms with van der Waals surface area (Å²) in [5, 5.41) is 0. The van der Waals surface area contributed by atoms with E-state index >= 15 is 0 Å². The van der Waals surface area contributed by atoms with Crippen LogP contribution in [-0.2, 0) is 23.8 Å². The topological polar surface area (TPSA) is 78.9 Å². The highest BCUT2D eigenvalue weighted by molar-refractivity contribution is 5.79. The average molecular weight is 449 g/mol. The van der Waals surface area contributed by atoms with Gasteiger partial charge in [-0.15, -0.1) is 0 Å². The molecule has 4 aliphatic rings. The maximum atomic E-state index is 12.3. The van der Waals surface area contributed by atoms with Crippen LogP contribution in [0.15, 0.2) is 0 Å². The van der Waals surface area contributed by atoms with Crippen LogP contribution in [0.1, 0.15) is 91.9 Å². The number of carbonyl (C=O) groups excluding carboxylic acids is 3. The second kappa shape index (κ2) is 8.98. The molecule has 8 atom stereocenters. The molecule has 0 bridgehead atoms. The number of carbonyl (C=O) groups is 3. The SMILES string of the molecule is CCC(=O)OCOC(=O)O[C@@H]1CC[C@@]2(C)[C@@H](CC[C@@H]3[C@@H]2CC[C@]2(C)[C@@H](C(C)=O)CC[C@@H]32)C1. The second-order valence-corrected chi connectivity index (χ2v) is 11.3. The molecule has 0 aromatic heterocycles. The van der Waals surface area contributed by atoms with Crippen molar-refractivity contribution in [3.8, 4) is 0 Å². The number of hydrogen-bond acceptors (Lipinski definition) is 6. The fourth-order valence-corrected chi connectivity index (χ4v) is 8.41. The predicted octanol–water partition coefficient (Wildman–Crippen LogP) is 5.67. The number of ether oxygens (including phenoxy) is 3. The molecular formula is C26H40O6. The van der Waals surface area contributed by atoms with Crippen LogP contribution < -0.4 is 0 Å². The van der Waals surface area contributed by atoms with Crippen LogP contribution in [0.3, 0.4) is 0 Å². The van der Waals surface area contributed by atoms with E-state index in [1.165, 1.54) is 32.1 Å². The van der Waals surface area contributed by atoms with Crippen molar-refractivity contribution >= 4 is 17.9 Å². The van der Waals surface area contributed by atoms with Crippen molar-refractivity contribution in [3.63, 3.8) is 0 Å². The highest BCUT2D eigenvalue weighted by Crippen LogP contribution is 2.67. The number of Topliss-reactive ketones (excluding diaryl/α,β-unsaturated/α-hetero) is 1. The molecule has 32 heavy (non-hydrogen) atoms. The molecule has 0 unspecified atom stereocenters. The van der Waals surface area contributed by atoms with E-state index in [0.29, 0.717) is 29.0 Å². The molecule has 0 heterocycles. The van der Waals surface area contributed by atoms with Gasteiger partial charge in [0.25, 0.3) is 0 Å². The molecule has 0 radical (unpaired) electrons. The Labute approximate surface area is 192 Å².